The Morgan fingerprint density at radius 1 is 1.20 bits per heavy atom. The minimum atomic E-state index is 0.698. The molecule has 0 N–H and O–H groups in total. The van der Waals surface area contributed by atoms with E-state index in [-0.39, 0.29) is 0 Å². The summed E-state index contributed by atoms with van der Waals surface area (Å²) in [6, 6.07) is 8.78. The smallest absolute Gasteiger partial charge is 0.131 e. The molecule has 0 saturated carbocycles. The second-order valence-corrected chi connectivity index (χ2v) is 1.86. The molecule has 1 aromatic rings. The van der Waals surface area contributed by atoms with Crippen LogP contribution in [0.1, 0.15) is 11.1 Å². The molecule has 0 aliphatic heterocycles. The van der Waals surface area contributed by atoms with Crippen LogP contribution in [0.5, 0.6) is 0 Å². The largest absolute Gasteiger partial charge is 0.197 e. The highest BCUT2D eigenvalue weighted by molar-refractivity contribution is 5.32. The van der Waals surface area contributed by atoms with Crippen molar-refractivity contribution in [1.29, 1.82) is 5.26 Å². The van der Waals surface area contributed by atoms with E-state index in [9.17, 15) is 0 Å². The van der Waals surface area contributed by atoms with Gasteiger partial charge in [0, 0.05) is 0 Å². The molecule has 0 aliphatic rings. The predicted octanol–water partition coefficient (Wildman–Crippen LogP) is 1.70. The van der Waals surface area contributed by atoms with Gasteiger partial charge in [-0.3, -0.25) is 0 Å². The fraction of sp³-hybridized carbons (Fsp3) is 0. The summed E-state index contributed by atoms with van der Waals surface area (Å²) in [6.07, 6.45) is 2.48. The molecule has 46 valence electrons. The fourth-order valence-corrected chi connectivity index (χ4v) is 0.631. The average molecular weight is 127 g/mol. The van der Waals surface area contributed by atoms with E-state index in [0.29, 0.717) is 5.56 Å². The van der Waals surface area contributed by atoms with E-state index >= 15 is 0 Å². The van der Waals surface area contributed by atoms with Crippen LogP contribution in [-0.2, 0) is 0 Å². The van der Waals surface area contributed by atoms with Crippen molar-refractivity contribution in [1.82, 2.24) is 0 Å². The SMILES string of the molecule is [CH]c1ccc([C]C#N)cc1. The highest BCUT2D eigenvalue weighted by atomic mass is 14.2. The van der Waals surface area contributed by atoms with Gasteiger partial charge >= 0.3 is 0 Å². The van der Waals surface area contributed by atoms with Gasteiger partial charge in [0.05, 0.1) is 6.07 Å². The average Bonchev–Trinajstić information content (AvgIpc) is 1.95. The van der Waals surface area contributed by atoms with Crippen LogP contribution >= 0.6 is 0 Å². The summed E-state index contributed by atoms with van der Waals surface area (Å²) in [6.45, 7) is 5.41. The van der Waals surface area contributed by atoms with Gasteiger partial charge in [0.1, 0.15) is 6.42 Å². The molecule has 0 spiro atoms. The Bertz CT molecular complexity index is 240. The Morgan fingerprint density at radius 3 is 2.30 bits per heavy atom. The van der Waals surface area contributed by atoms with Crippen molar-refractivity contribution in [2.75, 3.05) is 0 Å². The molecule has 0 aliphatic carbocycles. The highest BCUT2D eigenvalue weighted by Gasteiger charge is 1.89. The van der Waals surface area contributed by atoms with Gasteiger partial charge in [-0.1, -0.05) is 24.3 Å². The number of nitrogens with zero attached hydrogens (tertiary/aromatic N) is 1. The van der Waals surface area contributed by atoms with Gasteiger partial charge in [-0.15, -0.1) is 0 Å². The first-order chi connectivity index (χ1) is 4.83. The van der Waals surface area contributed by atoms with E-state index in [2.05, 4.69) is 6.42 Å². The lowest BCUT2D eigenvalue weighted by atomic mass is 10.1. The molecule has 10 heavy (non-hydrogen) atoms. The minimum absolute atomic E-state index is 0.698. The third-order valence-corrected chi connectivity index (χ3v) is 1.11. The van der Waals surface area contributed by atoms with Crippen LogP contribution in [-0.4, -0.2) is 0 Å². The molecule has 0 unspecified atom stereocenters. The van der Waals surface area contributed by atoms with Crippen molar-refractivity contribution in [2.24, 2.45) is 0 Å². The lowest BCUT2D eigenvalue weighted by Gasteiger charge is -1.91. The first kappa shape index (κ1) is 6.82. The Kier molecular flexibility index (Phi) is 2.07. The first-order valence-electron chi connectivity index (χ1n) is 2.83. The molecule has 0 amide bonds. The summed E-state index contributed by atoms with van der Waals surface area (Å²) in [7, 11) is 0. The quantitative estimate of drug-likeness (QED) is 0.563. The minimum Gasteiger partial charge on any atom is -0.197 e. The maximum atomic E-state index is 8.20. The molecule has 1 nitrogen and oxygen atoms in total. The van der Waals surface area contributed by atoms with Crippen molar-refractivity contribution in [2.45, 2.75) is 0 Å². The van der Waals surface area contributed by atoms with Crippen LogP contribution in [0, 0.1) is 24.7 Å². The molecule has 0 heterocycles. The summed E-state index contributed by atoms with van der Waals surface area (Å²) in [5, 5.41) is 8.20. The molecule has 4 radical (unpaired) electrons. The normalized spacial score (nSPS) is 8.80. The van der Waals surface area contributed by atoms with Crippen molar-refractivity contribution in [3.8, 4) is 6.07 Å². The zero-order valence-electron chi connectivity index (χ0n) is 5.33. The van der Waals surface area contributed by atoms with Crippen LogP contribution in [0.2, 0.25) is 0 Å². The third kappa shape index (κ3) is 1.60. The second-order valence-electron chi connectivity index (χ2n) is 1.86. The summed E-state index contributed by atoms with van der Waals surface area (Å²) in [5.74, 6) is 0. The second kappa shape index (κ2) is 3.03. The number of hydrogen-bond acceptors (Lipinski definition) is 1. The number of nitriles is 1. The van der Waals surface area contributed by atoms with E-state index in [1.807, 2.05) is 6.07 Å². The van der Waals surface area contributed by atoms with Crippen molar-refractivity contribution in [3.63, 3.8) is 0 Å². The van der Waals surface area contributed by atoms with Gasteiger partial charge in [0.25, 0.3) is 0 Å². The van der Waals surface area contributed by atoms with Gasteiger partial charge in [-0.05, 0) is 18.1 Å². The molecule has 0 atom stereocenters. The Morgan fingerprint density at radius 2 is 1.80 bits per heavy atom. The van der Waals surface area contributed by atoms with Crippen molar-refractivity contribution in [3.05, 3.63) is 48.7 Å². The first-order valence-corrected chi connectivity index (χ1v) is 2.83. The zero-order chi connectivity index (χ0) is 7.40. The van der Waals surface area contributed by atoms with Crippen LogP contribution in [0.3, 0.4) is 0 Å². The lowest BCUT2D eigenvalue weighted by Crippen LogP contribution is -1.77. The molecule has 0 saturated heterocycles. The molecule has 0 bridgehead atoms. The van der Waals surface area contributed by atoms with Crippen LogP contribution in [0.15, 0.2) is 24.3 Å². The standard InChI is InChI=1S/C9H5N/c1-8-2-4-9(5-3-8)6-7-10/h1-5H. The highest BCUT2D eigenvalue weighted by Crippen LogP contribution is 2.03. The van der Waals surface area contributed by atoms with E-state index in [4.69, 9.17) is 12.2 Å². The van der Waals surface area contributed by atoms with Crippen LogP contribution < -0.4 is 0 Å². The molecule has 0 aromatic heterocycles. The summed E-state index contributed by atoms with van der Waals surface area (Å²) >= 11 is 0. The Labute approximate surface area is 60.9 Å². The zero-order valence-corrected chi connectivity index (χ0v) is 5.33. The Balaban J connectivity index is 2.81. The molecule has 1 aromatic carbocycles. The van der Waals surface area contributed by atoms with Crippen LogP contribution in [0.4, 0.5) is 0 Å². The molecule has 1 heteroatoms. The predicted molar refractivity (Wildman–Crippen MR) is 37.8 cm³/mol. The maximum Gasteiger partial charge on any atom is 0.131 e. The Hall–Kier alpha value is -1.29. The van der Waals surface area contributed by atoms with Gasteiger partial charge in [-0.2, -0.15) is 5.26 Å². The summed E-state index contributed by atoms with van der Waals surface area (Å²) in [4.78, 5) is 0. The number of benzene rings is 1. The number of hydrogen-bond donors (Lipinski definition) is 0. The van der Waals surface area contributed by atoms with Crippen LogP contribution in [0.25, 0.3) is 0 Å². The third-order valence-electron chi connectivity index (χ3n) is 1.11. The molecule has 0 fully saturated rings. The van der Waals surface area contributed by atoms with E-state index in [1.54, 1.807) is 24.3 Å². The van der Waals surface area contributed by atoms with Gasteiger partial charge < -0.3 is 0 Å². The summed E-state index contributed by atoms with van der Waals surface area (Å²) < 4.78 is 0. The van der Waals surface area contributed by atoms with E-state index in [0.717, 1.165) is 5.56 Å². The van der Waals surface area contributed by atoms with E-state index < -0.39 is 0 Å². The lowest BCUT2D eigenvalue weighted by molar-refractivity contribution is 1.45. The summed E-state index contributed by atoms with van der Waals surface area (Å²) in [5.41, 5.74) is 1.46. The molecular weight excluding hydrogens is 122 g/mol. The maximum absolute atomic E-state index is 8.20. The molecule has 1 rings (SSSR count). The van der Waals surface area contributed by atoms with Gasteiger partial charge in [0.2, 0.25) is 0 Å². The monoisotopic (exact) mass is 127 g/mol. The number of rotatable bonds is 1. The van der Waals surface area contributed by atoms with Gasteiger partial charge in [0.15, 0.2) is 0 Å². The van der Waals surface area contributed by atoms with Gasteiger partial charge in [-0.25, -0.2) is 0 Å². The van der Waals surface area contributed by atoms with Crippen molar-refractivity contribution < 1.29 is 0 Å². The topological polar surface area (TPSA) is 23.8 Å². The van der Waals surface area contributed by atoms with Crippen molar-refractivity contribution >= 4 is 0 Å². The van der Waals surface area contributed by atoms with E-state index in [1.165, 1.54) is 0 Å². The fourth-order valence-electron chi connectivity index (χ4n) is 0.631. The molecular formula is C9H5N.